The van der Waals surface area contributed by atoms with Crippen molar-refractivity contribution < 1.29 is 4.42 Å². The number of aryl methyl sites for hydroxylation is 1. The Morgan fingerprint density at radius 2 is 2.00 bits per heavy atom. The Morgan fingerprint density at radius 1 is 1.08 bits per heavy atom. The van der Waals surface area contributed by atoms with Crippen LogP contribution in [0.3, 0.4) is 0 Å². The third kappa shape index (κ3) is 2.22. The molecule has 0 spiro atoms. The molecule has 0 amide bonds. The Labute approximate surface area is 143 Å². The summed E-state index contributed by atoms with van der Waals surface area (Å²) >= 11 is 0. The zero-order chi connectivity index (χ0) is 16.8. The number of benzene rings is 1. The van der Waals surface area contributed by atoms with Gasteiger partial charge < -0.3 is 14.1 Å². The van der Waals surface area contributed by atoms with Crippen molar-refractivity contribution in [1.29, 1.82) is 0 Å². The summed E-state index contributed by atoms with van der Waals surface area (Å²) in [6, 6.07) is 13.9. The summed E-state index contributed by atoms with van der Waals surface area (Å²) < 4.78 is 8.01. The van der Waals surface area contributed by atoms with Crippen LogP contribution in [0.15, 0.2) is 59.4 Å². The molecule has 0 aliphatic heterocycles. The van der Waals surface area contributed by atoms with E-state index in [0.29, 0.717) is 17.9 Å². The summed E-state index contributed by atoms with van der Waals surface area (Å²) in [5, 5.41) is 4.32. The SMILES string of the molecule is Cc1cccc2nc(CNc3ncnc4c3oc3ccccc34)cn12. The average molecular weight is 329 g/mol. The molecule has 6 heteroatoms. The Balaban J connectivity index is 1.52. The van der Waals surface area contributed by atoms with Gasteiger partial charge in [0.1, 0.15) is 23.1 Å². The number of nitrogens with one attached hydrogen (secondary N) is 1. The van der Waals surface area contributed by atoms with Crippen LogP contribution in [0, 0.1) is 6.92 Å². The zero-order valence-corrected chi connectivity index (χ0v) is 13.6. The molecule has 4 aromatic heterocycles. The predicted molar refractivity (Wildman–Crippen MR) is 96.6 cm³/mol. The van der Waals surface area contributed by atoms with Crippen molar-refractivity contribution in [2.24, 2.45) is 0 Å². The van der Waals surface area contributed by atoms with Crippen LogP contribution in [0.5, 0.6) is 0 Å². The van der Waals surface area contributed by atoms with Gasteiger partial charge in [-0.2, -0.15) is 0 Å². The van der Waals surface area contributed by atoms with Crippen LogP contribution in [0.4, 0.5) is 5.82 Å². The first-order chi connectivity index (χ1) is 12.3. The fourth-order valence-electron chi connectivity index (χ4n) is 3.11. The van der Waals surface area contributed by atoms with Crippen molar-refractivity contribution in [3.63, 3.8) is 0 Å². The highest BCUT2D eigenvalue weighted by Gasteiger charge is 2.13. The zero-order valence-electron chi connectivity index (χ0n) is 13.6. The molecule has 0 unspecified atom stereocenters. The second-order valence-electron chi connectivity index (χ2n) is 5.98. The number of furan rings is 1. The van der Waals surface area contributed by atoms with Gasteiger partial charge in [-0.15, -0.1) is 0 Å². The maximum atomic E-state index is 5.94. The van der Waals surface area contributed by atoms with Gasteiger partial charge in [0.25, 0.3) is 0 Å². The second kappa shape index (κ2) is 5.31. The van der Waals surface area contributed by atoms with Gasteiger partial charge in [0.15, 0.2) is 11.4 Å². The fraction of sp³-hybridized carbons (Fsp3) is 0.105. The highest BCUT2D eigenvalue weighted by atomic mass is 16.3. The van der Waals surface area contributed by atoms with Gasteiger partial charge >= 0.3 is 0 Å². The van der Waals surface area contributed by atoms with Gasteiger partial charge in [-0.25, -0.2) is 15.0 Å². The van der Waals surface area contributed by atoms with E-state index in [1.807, 2.05) is 42.6 Å². The molecule has 122 valence electrons. The molecule has 1 N–H and O–H groups in total. The van der Waals surface area contributed by atoms with E-state index >= 15 is 0 Å². The molecule has 0 bridgehead atoms. The van der Waals surface area contributed by atoms with Crippen LogP contribution in [0.25, 0.3) is 27.7 Å². The van der Waals surface area contributed by atoms with Crippen LogP contribution in [0.1, 0.15) is 11.4 Å². The molecule has 4 heterocycles. The van der Waals surface area contributed by atoms with Gasteiger partial charge in [-0.3, -0.25) is 0 Å². The lowest BCUT2D eigenvalue weighted by molar-refractivity contribution is 0.666. The van der Waals surface area contributed by atoms with E-state index in [4.69, 9.17) is 4.42 Å². The van der Waals surface area contributed by atoms with Crippen molar-refractivity contribution in [2.45, 2.75) is 13.5 Å². The summed E-state index contributed by atoms with van der Waals surface area (Å²) in [6.07, 6.45) is 3.59. The van der Waals surface area contributed by atoms with Gasteiger partial charge in [-0.1, -0.05) is 18.2 Å². The molecule has 0 saturated carbocycles. The highest BCUT2D eigenvalue weighted by Crippen LogP contribution is 2.30. The molecule has 0 atom stereocenters. The quantitative estimate of drug-likeness (QED) is 0.543. The van der Waals surface area contributed by atoms with E-state index in [1.54, 1.807) is 6.33 Å². The first-order valence-corrected chi connectivity index (χ1v) is 8.09. The van der Waals surface area contributed by atoms with Crippen molar-refractivity contribution in [3.8, 4) is 0 Å². The third-order valence-corrected chi connectivity index (χ3v) is 4.34. The molecular formula is C19H15N5O. The molecule has 1 aromatic carbocycles. The minimum absolute atomic E-state index is 0.560. The number of rotatable bonds is 3. The first-order valence-electron chi connectivity index (χ1n) is 8.09. The Hall–Kier alpha value is -3.41. The fourth-order valence-corrected chi connectivity index (χ4v) is 3.11. The van der Waals surface area contributed by atoms with Gasteiger partial charge in [0, 0.05) is 17.3 Å². The minimum Gasteiger partial charge on any atom is -0.450 e. The van der Waals surface area contributed by atoms with Crippen molar-refractivity contribution in [2.75, 3.05) is 5.32 Å². The van der Waals surface area contributed by atoms with Crippen molar-refractivity contribution >= 4 is 33.5 Å². The smallest absolute Gasteiger partial charge is 0.196 e. The molecule has 25 heavy (non-hydrogen) atoms. The van der Waals surface area contributed by atoms with E-state index in [2.05, 4.69) is 37.7 Å². The van der Waals surface area contributed by atoms with E-state index in [1.165, 1.54) is 0 Å². The summed E-state index contributed by atoms with van der Waals surface area (Å²) in [6.45, 7) is 2.62. The van der Waals surface area contributed by atoms with Crippen LogP contribution < -0.4 is 5.32 Å². The Bertz CT molecular complexity index is 1220. The largest absolute Gasteiger partial charge is 0.450 e. The molecule has 0 aliphatic carbocycles. The van der Waals surface area contributed by atoms with E-state index < -0.39 is 0 Å². The maximum absolute atomic E-state index is 5.94. The van der Waals surface area contributed by atoms with E-state index in [0.717, 1.165) is 33.5 Å². The molecule has 0 saturated heterocycles. The predicted octanol–water partition coefficient (Wildman–Crippen LogP) is 3.94. The third-order valence-electron chi connectivity index (χ3n) is 4.34. The minimum atomic E-state index is 0.560. The standard InChI is InChI=1S/C19H15N5O/c1-12-5-4-8-16-23-13(10-24(12)16)9-20-19-18-17(21-11-22-19)14-6-2-3-7-15(14)25-18/h2-8,10-11H,9H2,1H3,(H,20,21,22). The summed E-state index contributed by atoms with van der Waals surface area (Å²) in [5.74, 6) is 0.676. The van der Waals surface area contributed by atoms with Crippen molar-refractivity contribution in [1.82, 2.24) is 19.4 Å². The number of pyridine rings is 1. The molecule has 6 nitrogen and oxygen atoms in total. The summed E-state index contributed by atoms with van der Waals surface area (Å²) in [7, 11) is 0. The number of aromatic nitrogens is 4. The molecule has 5 rings (SSSR count). The topological polar surface area (TPSA) is 68.2 Å². The number of fused-ring (bicyclic) bond motifs is 4. The number of nitrogens with zero attached hydrogens (tertiary/aromatic N) is 4. The lowest BCUT2D eigenvalue weighted by Crippen LogP contribution is -2.02. The van der Waals surface area contributed by atoms with Crippen LogP contribution in [-0.2, 0) is 6.54 Å². The Kier molecular flexibility index (Phi) is 2.97. The number of hydrogen-bond acceptors (Lipinski definition) is 5. The number of imidazole rings is 1. The van der Waals surface area contributed by atoms with Gasteiger partial charge in [0.05, 0.1) is 12.2 Å². The molecule has 0 radical (unpaired) electrons. The van der Waals surface area contributed by atoms with Crippen LogP contribution in [-0.4, -0.2) is 19.4 Å². The van der Waals surface area contributed by atoms with Gasteiger partial charge in [0.2, 0.25) is 0 Å². The lowest BCUT2D eigenvalue weighted by Gasteiger charge is -2.02. The van der Waals surface area contributed by atoms with Gasteiger partial charge in [-0.05, 0) is 31.2 Å². The number of hydrogen-bond donors (Lipinski definition) is 1. The van der Waals surface area contributed by atoms with Crippen LogP contribution >= 0.6 is 0 Å². The normalized spacial score (nSPS) is 11.6. The monoisotopic (exact) mass is 329 g/mol. The highest BCUT2D eigenvalue weighted by molar-refractivity contribution is 6.05. The number of anilines is 1. The first kappa shape index (κ1) is 14.0. The summed E-state index contributed by atoms with van der Waals surface area (Å²) in [4.78, 5) is 13.3. The van der Waals surface area contributed by atoms with Crippen molar-refractivity contribution in [3.05, 3.63) is 66.4 Å². The number of para-hydroxylation sites is 1. The lowest BCUT2D eigenvalue weighted by atomic mass is 10.2. The second-order valence-corrected chi connectivity index (χ2v) is 5.98. The average Bonchev–Trinajstić information content (AvgIpc) is 3.22. The van der Waals surface area contributed by atoms with E-state index in [9.17, 15) is 0 Å². The van der Waals surface area contributed by atoms with E-state index in [-0.39, 0.29) is 0 Å². The molecule has 0 fully saturated rings. The summed E-state index contributed by atoms with van der Waals surface area (Å²) in [5.41, 5.74) is 5.33. The maximum Gasteiger partial charge on any atom is 0.196 e. The molecule has 0 aliphatic rings. The Morgan fingerprint density at radius 3 is 2.92 bits per heavy atom. The van der Waals surface area contributed by atoms with Crippen LogP contribution in [0.2, 0.25) is 0 Å². The molecular weight excluding hydrogens is 314 g/mol. The molecule has 5 aromatic rings.